The maximum atomic E-state index is 12.9. The van der Waals surface area contributed by atoms with Crippen molar-refractivity contribution in [3.05, 3.63) is 58.6 Å². The molecule has 1 fully saturated rings. The Balaban J connectivity index is 1.71. The second-order valence-corrected chi connectivity index (χ2v) is 9.90. The molecular weight excluding hydrogens is 412 g/mol. The van der Waals surface area contributed by atoms with Crippen LogP contribution in [0.3, 0.4) is 0 Å². The summed E-state index contributed by atoms with van der Waals surface area (Å²) in [5.74, 6) is 1.23. The highest BCUT2D eigenvalue weighted by molar-refractivity contribution is 6.31. The molecule has 1 saturated carbocycles. The van der Waals surface area contributed by atoms with Gasteiger partial charge in [0.2, 0.25) is 0 Å². The van der Waals surface area contributed by atoms with Gasteiger partial charge in [0.1, 0.15) is 23.7 Å². The molecule has 2 aromatic carbocycles. The molecule has 0 bridgehead atoms. The fourth-order valence-corrected chi connectivity index (χ4v) is 4.98. The van der Waals surface area contributed by atoms with Crippen LogP contribution in [0, 0.1) is 22.2 Å². The summed E-state index contributed by atoms with van der Waals surface area (Å²) in [4.78, 5) is 12.9. The number of ether oxygens (including phenoxy) is 2. The van der Waals surface area contributed by atoms with Crippen molar-refractivity contribution in [2.24, 2.45) is 10.8 Å². The first-order valence-electron chi connectivity index (χ1n) is 10.4. The Hall–Kier alpha value is -2.71. The summed E-state index contributed by atoms with van der Waals surface area (Å²) in [5.41, 5.74) is 0.391. The number of carbonyl (C=O) groups excluding carboxylic acids is 1. The summed E-state index contributed by atoms with van der Waals surface area (Å²) < 4.78 is 11.9. The minimum absolute atomic E-state index is 0.0826. The Morgan fingerprint density at radius 2 is 1.65 bits per heavy atom. The van der Waals surface area contributed by atoms with Crippen molar-refractivity contribution in [3.63, 3.8) is 0 Å². The number of carbonyl (C=O) groups is 1. The molecule has 0 atom stereocenters. The second-order valence-electron chi connectivity index (χ2n) is 9.49. The fraction of sp³-hybridized carbons (Fsp3) is 0.440. The van der Waals surface area contributed by atoms with Crippen LogP contribution in [0.15, 0.2) is 42.5 Å². The highest BCUT2D eigenvalue weighted by Gasteiger charge is 2.64. The van der Waals surface area contributed by atoms with Crippen LogP contribution in [-0.4, -0.2) is 24.2 Å². The lowest BCUT2D eigenvalue weighted by Gasteiger charge is -2.63. The SMILES string of the molecule is CC(C)Oc1ccc(C(=O)NC2C(C)(C)C(Oc3ccc(C#N)c(Cl)c3)C2(C)C)cc1. The number of amides is 1. The lowest BCUT2D eigenvalue weighted by molar-refractivity contribution is -0.164. The highest BCUT2D eigenvalue weighted by Crippen LogP contribution is 2.55. The zero-order chi connectivity index (χ0) is 23.0. The van der Waals surface area contributed by atoms with Crippen LogP contribution < -0.4 is 14.8 Å². The predicted octanol–water partition coefficient (Wildman–Crippen LogP) is 5.61. The summed E-state index contributed by atoms with van der Waals surface area (Å²) in [7, 11) is 0. The average molecular weight is 441 g/mol. The lowest BCUT2D eigenvalue weighted by atomic mass is 9.49. The summed E-state index contributed by atoms with van der Waals surface area (Å²) in [6.07, 6.45) is -0.0599. The Kier molecular flexibility index (Phi) is 6.25. The third-order valence-corrected chi connectivity index (χ3v) is 6.23. The van der Waals surface area contributed by atoms with E-state index in [1.165, 1.54) is 0 Å². The van der Waals surface area contributed by atoms with Gasteiger partial charge in [0.05, 0.1) is 16.7 Å². The first-order chi connectivity index (χ1) is 14.5. The number of rotatable bonds is 6. The molecule has 3 rings (SSSR count). The molecular formula is C25H29ClN2O3. The molecule has 1 N–H and O–H groups in total. The number of nitrogens with zero attached hydrogens (tertiary/aromatic N) is 1. The van der Waals surface area contributed by atoms with Gasteiger partial charge in [0, 0.05) is 28.5 Å². The molecule has 1 amide bonds. The monoisotopic (exact) mass is 440 g/mol. The van der Waals surface area contributed by atoms with E-state index in [1.807, 2.05) is 26.0 Å². The van der Waals surface area contributed by atoms with Gasteiger partial charge >= 0.3 is 0 Å². The lowest BCUT2D eigenvalue weighted by Crippen LogP contribution is -2.74. The minimum Gasteiger partial charge on any atom is -0.491 e. The number of hydrogen-bond donors (Lipinski definition) is 1. The molecule has 2 aromatic rings. The molecule has 0 unspecified atom stereocenters. The van der Waals surface area contributed by atoms with Crippen molar-refractivity contribution < 1.29 is 14.3 Å². The zero-order valence-electron chi connectivity index (χ0n) is 18.8. The molecule has 6 heteroatoms. The normalized spacial score (nSPS) is 21.0. The number of benzene rings is 2. The van der Waals surface area contributed by atoms with Gasteiger partial charge in [-0.15, -0.1) is 0 Å². The van der Waals surface area contributed by atoms with Crippen LogP contribution in [0.2, 0.25) is 5.02 Å². The van der Waals surface area contributed by atoms with Gasteiger partial charge in [-0.2, -0.15) is 5.26 Å². The van der Waals surface area contributed by atoms with Gasteiger partial charge in [0.15, 0.2) is 0 Å². The maximum absolute atomic E-state index is 12.9. The van der Waals surface area contributed by atoms with Crippen molar-refractivity contribution in [1.29, 1.82) is 5.26 Å². The van der Waals surface area contributed by atoms with E-state index in [9.17, 15) is 4.79 Å². The van der Waals surface area contributed by atoms with E-state index in [1.54, 1.807) is 30.3 Å². The van der Waals surface area contributed by atoms with E-state index < -0.39 is 0 Å². The van der Waals surface area contributed by atoms with E-state index in [4.69, 9.17) is 26.3 Å². The molecule has 0 aromatic heterocycles. The van der Waals surface area contributed by atoms with Crippen molar-refractivity contribution >= 4 is 17.5 Å². The van der Waals surface area contributed by atoms with Crippen LogP contribution in [0.5, 0.6) is 11.5 Å². The average Bonchev–Trinajstić information content (AvgIpc) is 2.70. The fourth-order valence-electron chi connectivity index (χ4n) is 4.77. The van der Waals surface area contributed by atoms with E-state index >= 15 is 0 Å². The summed E-state index contributed by atoms with van der Waals surface area (Å²) in [6, 6.07) is 14.2. The highest BCUT2D eigenvalue weighted by atomic mass is 35.5. The van der Waals surface area contributed by atoms with Gasteiger partial charge in [-0.1, -0.05) is 39.3 Å². The van der Waals surface area contributed by atoms with E-state index in [2.05, 4.69) is 39.1 Å². The van der Waals surface area contributed by atoms with Crippen molar-refractivity contribution in [2.45, 2.75) is 59.8 Å². The van der Waals surface area contributed by atoms with Crippen molar-refractivity contribution in [1.82, 2.24) is 5.32 Å². The molecule has 0 heterocycles. The number of halogens is 1. The standard InChI is InChI=1S/C25H29ClN2O3/c1-15(2)30-18-10-7-16(8-11-18)21(29)28-22-24(3,4)23(25(22,5)6)31-19-12-9-17(14-27)20(26)13-19/h7-13,15,22-23H,1-6H3,(H,28,29). The smallest absolute Gasteiger partial charge is 0.251 e. The summed E-state index contributed by atoms with van der Waals surface area (Å²) in [6.45, 7) is 12.3. The first-order valence-corrected chi connectivity index (χ1v) is 10.8. The van der Waals surface area contributed by atoms with E-state index in [-0.39, 0.29) is 35.0 Å². The largest absolute Gasteiger partial charge is 0.491 e. The van der Waals surface area contributed by atoms with Crippen LogP contribution in [0.4, 0.5) is 0 Å². The molecule has 0 spiro atoms. The summed E-state index contributed by atoms with van der Waals surface area (Å²) >= 11 is 6.15. The topological polar surface area (TPSA) is 71.3 Å². The third-order valence-electron chi connectivity index (χ3n) is 5.92. The van der Waals surface area contributed by atoms with E-state index in [0.29, 0.717) is 21.9 Å². The molecule has 31 heavy (non-hydrogen) atoms. The number of nitrogens with one attached hydrogen (secondary N) is 1. The second kappa shape index (κ2) is 8.43. The van der Waals surface area contributed by atoms with Gasteiger partial charge < -0.3 is 14.8 Å². The third kappa shape index (κ3) is 4.50. The minimum atomic E-state index is -0.305. The van der Waals surface area contributed by atoms with Gasteiger partial charge in [-0.3, -0.25) is 4.79 Å². The van der Waals surface area contributed by atoms with Crippen LogP contribution in [-0.2, 0) is 0 Å². The molecule has 0 saturated heterocycles. The van der Waals surface area contributed by atoms with Crippen LogP contribution in [0.1, 0.15) is 57.5 Å². The maximum Gasteiger partial charge on any atom is 0.251 e. The Morgan fingerprint density at radius 3 is 2.16 bits per heavy atom. The quantitative estimate of drug-likeness (QED) is 0.633. The predicted molar refractivity (Wildman–Crippen MR) is 122 cm³/mol. The molecule has 0 aliphatic heterocycles. The molecule has 1 aliphatic rings. The first kappa shape index (κ1) is 23.0. The Bertz CT molecular complexity index is 990. The van der Waals surface area contributed by atoms with Crippen LogP contribution in [0.25, 0.3) is 0 Å². The van der Waals surface area contributed by atoms with Gasteiger partial charge in [0.25, 0.3) is 5.91 Å². The van der Waals surface area contributed by atoms with Crippen LogP contribution >= 0.6 is 11.6 Å². The van der Waals surface area contributed by atoms with Gasteiger partial charge in [-0.25, -0.2) is 0 Å². The summed E-state index contributed by atoms with van der Waals surface area (Å²) in [5, 5.41) is 12.6. The van der Waals surface area contributed by atoms with E-state index in [0.717, 1.165) is 5.75 Å². The van der Waals surface area contributed by atoms with Crippen molar-refractivity contribution in [3.8, 4) is 17.6 Å². The zero-order valence-corrected chi connectivity index (χ0v) is 19.6. The Labute approximate surface area is 189 Å². The Morgan fingerprint density at radius 1 is 1.06 bits per heavy atom. The number of nitriles is 1. The molecule has 1 aliphatic carbocycles. The molecule has 164 valence electrons. The molecule has 0 radical (unpaired) electrons. The molecule has 5 nitrogen and oxygen atoms in total. The number of hydrogen-bond acceptors (Lipinski definition) is 4. The van der Waals surface area contributed by atoms with Crippen molar-refractivity contribution in [2.75, 3.05) is 0 Å². The van der Waals surface area contributed by atoms with Gasteiger partial charge in [-0.05, 0) is 50.2 Å².